The Morgan fingerprint density at radius 2 is 2.05 bits per heavy atom. The third-order valence-electron chi connectivity index (χ3n) is 4.99. The normalized spacial score (nSPS) is 27.5. The number of hydrogen-bond acceptors (Lipinski definition) is 3. The standard InChI is InChI=1S/C17H26FN3/c1-15-4-2-5-16(19-15)12-21-9-3-6-17(14-21)7-10-20(13-17)11-8-18/h2,4-5H,3,6-14H2,1H3/t17-/m0/s1. The maximum atomic E-state index is 12.5. The molecule has 0 aromatic carbocycles. The second-order valence-electron chi connectivity index (χ2n) is 6.80. The zero-order valence-corrected chi connectivity index (χ0v) is 13.0. The van der Waals surface area contributed by atoms with E-state index in [1.54, 1.807) is 0 Å². The smallest absolute Gasteiger partial charge is 0.102 e. The Bertz CT molecular complexity index is 479. The van der Waals surface area contributed by atoms with Crippen molar-refractivity contribution in [3.63, 3.8) is 0 Å². The van der Waals surface area contributed by atoms with E-state index in [1.165, 1.54) is 31.5 Å². The van der Waals surface area contributed by atoms with Gasteiger partial charge in [-0.15, -0.1) is 0 Å². The first-order valence-electron chi connectivity index (χ1n) is 8.12. The zero-order chi connectivity index (χ0) is 14.7. The summed E-state index contributed by atoms with van der Waals surface area (Å²) in [4.78, 5) is 9.47. The fourth-order valence-corrected chi connectivity index (χ4v) is 4.03. The van der Waals surface area contributed by atoms with Gasteiger partial charge in [-0.25, -0.2) is 4.39 Å². The summed E-state index contributed by atoms with van der Waals surface area (Å²) < 4.78 is 12.5. The van der Waals surface area contributed by atoms with Crippen molar-refractivity contribution >= 4 is 0 Å². The maximum Gasteiger partial charge on any atom is 0.102 e. The molecule has 2 saturated heterocycles. The molecule has 3 heterocycles. The van der Waals surface area contributed by atoms with Crippen molar-refractivity contribution < 1.29 is 4.39 Å². The Labute approximate surface area is 127 Å². The van der Waals surface area contributed by atoms with E-state index in [9.17, 15) is 4.39 Å². The van der Waals surface area contributed by atoms with Crippen molar-refractivity contribution in [3.8, 4) is 0 Å². The van der Waals surface area contributed by atoms with Crippen molar-refractivity contribution in [2.45, 2.75) is 32.7 Å². The first kappa shape index (κ1) is 14.9. The zero-order valence-electron chi connectivity index (χ0n) is 13.0. The molecule has 3 rings (SSSR count). The van der Waals surface area contributed by atoms with E-state index in [-0.39, 0.29) is 6.67 Å². The molecule has 1 spiro atoms. The van der Waals surface area contributed by atoms with Gasteiger partial charge in [0.25, 0.3) is 0 Å². The number of hydrogen-bond donors (Lipinski definition) is 0. The van der Waals surface area contributed by atoms with Crippen LogP contribution in [0.5, 0.6) is 0 Å². The first-order chi connectivity index (χ1) is 10.2. The van der Waals surface area contributed by atoms with Crippen LogP contribution < -0.4 is 0 Å². The fourth-order valence-electron chi connectivity index (χ4n) is 4.03. The van der Waals surface area contributed by atoms with Gasteiger partial charge in [0, 0.05) is 31.9 Å². The van der Waals surface area contributed by atoms with Crippen LogP contribution in [0.1, 0.15) is 30.7 Å². The van der Waals surface area contributed by atoms with E-state index >= 15 is 0 Å². The predicted molar refractivity (Wildman–Crippen MR) is 83.0 cm³/mol. The SMILES string of the molecule is Cc1cccc(CN2CCC[C@@]3(CCN(CCF)C3)C2)n1. The van der Waals surface area contributed by atoms with Crippen molar-refractivity contribution in [1.82, 2.24) is 14.8 Å². The summed E-state index contributed by atoms with van der Waals surface area (Å²) in [5.74, 6) is 0. The minimum absolute atomic E-state index is 0.215. The summed E-state index contributed by atoms with van der Waals surface area (Å²) >= 11 is 0. The second-order valence-corrected chi connectivity index (χ2v) is 6.80. The van der Waals surface area contributed by atoms with E-state index < -0.39 is 0 Å². The minimum atomic E-state index is -0.215. The lowest BCUT2D eigenvalue weighted by molar-refractivity contribution is 0.0858. The molecule has 2 fully saturated rings. The van der Waals surface area contributed by atoms with Crippen molar-refractivity contribution in [2.75, 3.05) is 39.4 Å². The highest BCUT2D eigenvalue weighted by Crippen LogP contribution is 2.39. The third kappa shape index (κ3) is 3.61. The summed E-state index contributed by atoms with van der Waals surface area (Å²) in [7, 11) is 0. The van der Waals surface area contributed by atoms with Crippen LogP contribution in [0.25, 0.3) is 0 Å². The van der Waals surface area contributed by atoms with Crippen molar-refractivity contribution in [1.29, 1.82) is 0 Å². The van der Waals surface area contributed by atoms with Gasteiger partial charge in [-0.2, -0.15) is 0 Å². The monoisotopic (exact) mass is 291 g/mol. The van der Waals surface area contributed by atoms with E-state index in [0.29, 0.717) is 12.0 Å². The van der Waals surface area contributed by atoms with Crippen LogP contribution in [0.15, 0.2) is 18.2 Å². The molecule has 2 aliphatic heterocycles. The molecule has 0 N–H and O–H groups in total. The first-order valence-corrected chi connectivity index (χ1v) is 8.12. The Morgan fingerprint density at radius 1 is 1.19 bits per heavy atom. The molecular formula is C17H26FN3. The molecule has 0 amide bonds. The van der Waals surface area contributed by atoms with Crippen LogP contribution in [0.4, 0.5) is 4.39 Å². The lowest BCUT2D eigenvalue weighted by Crippen LogP contribution is -2.44. The summed E-state index contributed by atoms with van der Waals surface area (Å²) in [5, 5.41) is 0. The van der Waals surface area contributed by atoms with Gasteiger partial charge in [0.15, 0.2) is 0 Å². The van der Waals surface area contributed by atoms with E-state index in [0.717, 1.165) is 31.9 Å². The molecule has 21 heavy (non-hydrogen) atoms. The number of nitrogens with zero attached hydrogens (tertiary/aromatic N) is 3. The molecule has 1 aromatic heterocycles. The molecule has 1 atom stereocenters. The van der Waals surface area contributed by atoms with Gasteiger partial charge >= 0.3 is 0 Å². The molecule has 1 aromatic rings. The van der Waals surface area contributed by atoms with Crippen LogP contribution in [0, 0.1) is 12.3 Å². The van der Waals surface area contributed by atoms with Gasteiger partial charge in [0.2, 0.25) is 0 Å². The number of rotatable bonds is 4. The molecular weight excluding hydrogens is 265 g/mol. The molecule has 0 saturated carbocycles. The summed E-state index contributed by atoms with van der Waals surface area (Å²) in [6, 6.07) is 6.27. The second kappa shape index (κ2) is 6.41. The molecule has 0 unspecified atom stereocenters. The number of piperidine rings is 1. The number of halogens is 1. The number of aryl methyl sites for hydroxylation is 1. The number of pyridine rings is 1. The Kier molecular flexibility index (Phi) is 4.55. The van der Waals surface area contributed by atoms with E-state index in [1.807, 2.05) is 13.0 Å². The van der Waals surface area contributed by atoms with Crippen LogP contribution in [0.2, 0.25) is 0 Å². The Balaban J connectivity index is 1.61. The predicted octanol–water partition coefficient (Wildman–Crippen LogP) is 2.65. The molecule has 4 heteroatoms. The Hall–Kier alpha value is -1.00. The van der Waals surface area contributed by atoms with Crippen molar-refractivity contribution in [3.05, 3.63) is 29.6 Å². The van der Waals surface area contributed by atoms with Crippen LogP contribution in [0.3, 0.4) is 0 Å². The Morgan fingerprint density at radius 3 is 2.86 bits per heavy atom. The maximum absolute atomic E-state index is 12.5. The van der Waals surface area contributed by atoms with Gasteiger partial charge < -0.3 is 4.90 Å². The highest BCUT2D eigenvalue weighted by molar-refractivity contribution is 5.10. The average molecular weight is 291 g/mol. The van der Waals surface area contributed by atoms with E-state index in [4.69, 9.17) is 0 Å². The van der Waals surface area contributed by atoms with Gasteiger partial charge in [0.1, 0.15) is 6.67 Å². The molecule has 0 aliphatic carbocycles. The lowest BCUT2D eigenvalue weighted by atomic mass is 9.79. The molecule has 116 valence electrons. The molecule has 0 bridgehead atoms. The highest BCUT2D eigenvalue weighted by Gasteiger charge is 2.40. The molecule has 2 aliphatic rings. The number of alkyl halides is 1. The van der Waals surface area contributed by atoms with Crippen LogP contribution >= 0.6 is 0 Å². The minimum Gasteiger partial charge on any atom is -0.300 e. The largest absolute Gasteiger partial charge is 0.300 e. The van der Waals surface area contributed by atoms with Crippen LogP contribution in [-0.4, -0.2) is 54.2 Å². The quantitative estimate of drug-likeness (QED) is 0.850. The average Bonchev–Trinajstić information content (AvgIpc) is 2.82. The van der Waals surface area contributed by atoms with Gasteiger partial charge in [-0.05, 0) is 56.8 Å². The number of aromatic nitrogens is 1. The summed E-state index contributed by atoms with van der Waals surface area (Å²) in [6.45, 7) is 7.86. The third-order valence-corrected chi connectivity index (χ3v) is 4.99. The van der Waals surface area contributed by atoms with Crippen LogP contribution in [-0.2, 0) is 6.54 Å². The molecule has 0 radical (unpaired) electrons. The highest BCUT2D eigenvalue weighted by atomic mass is 19.1. The van der Waals surface area contributed by atoms with Gasteiger partial charge in [-0.1, -0.05) is 6.07 Å². The lowest BCUT2D eigenvalue weighted by Gasteiger charge is -2.40. The summed E-state index contributed by atoms with van der Waals surface area (Å²) in [6.07, 6.45) is 3.79. The topological polar surface area (TPSA) is 19.4 Å². The summed E-state index contributed by atoms with van der Waals surface area (Å²) in [5.41, 5.74) is 2.66. The van der Waals surface area contributed by atoms with Gasteiger partial charge in [0.05, 0.1) is 5.69 Å². The van der Waals surface area contributed by atoms with Gasteiger partial charge in [-0.3, -0.25) is 9.88 Å². The molecule has 3 nitrogen and oxygen atoms in total. The van der Waals surface area contributed by atoms with Crippen molar-refractivity contribution in [2.24, 2.45) is 5.41 Å². The number of likely N-dealkylation sites (tertiary alicyclic amines) is 2. The van der Waals surface area contributed by atoms with E-state index in [2.05, 4.69) is 26.9 Å². The fraction of sp³-hybridized carbons (Fsp3) is 0.706.